The molecular formula is C17H29ClN4O. The summed E-state index contributed by atoms with van der Waals surface area (Å²) in [6, 6.07) is 0.309. The van der Waals surface area contributed by atoms with Gasteiger partial charge in [-0.25, -0.2) is 0 Å². The van der Waals surface area contributed by atoms with E-state index in [-0.39, 0.29) is 24.2 Å². The topological polar surface area (TPSA) is 72.9 Å². The van der Waals surface area contributed by atoms with Crippen molar-refractivity contribution in [1.82, 2.24) is 9.78 Å². The van der Waals surface area contributed by atoms with E-state index in [4.69, 9.17) is 5.73 Å². The van der Waals surface area contributed by atoms with E-state index in [0.717, 1.165) is 36.5 Å². The zero-order valence-electron chi connectivity index (χ0n) is 14.3. The molecule has 23 heavy (non-hydrogen) atoms. The lowest BCUT2D eigenvalue weighted by atomic mass is 9.65. The predicted molar refractivity (Wildman–Crippen MR) is 94.8 cm³/mol. The van der Waals surface area contributed by atoms with Gasteiger partial charge in [0.05, 0.1) is 17.1 Å². The first kappa shape index (κ1) is 18.3. The second-order valence-corrected chi connectivity index (χ2v) is 7.05. The number of aryl methyl sites for hydroxylation is 2. The summed E-state index contributed by atoms with van der Waals surface area (Å²) < 4.78 is 1.94. The van der Waals surface area contributed by atoms with Crippen molar-refractivity contribution < 1.29 is 4.79 Å². The number of hydrogen-bond donors (Lipinski definition) is 2. The molecule has 5 nitrogen and oxygen atoms in total. The monoisotopic (exact) mass is 340 g/mol. The molecule has 2 bridgehead atoms. The highest BCUT2D eigenvalue weighted by Gasteiger charge is 2.40. The van der Waals surface area contributed by atoms with Gasteiger partial charge in [-0.15, -0.1) is 12.4 Å². The smallest absolute Gasteiger partial charge is 0.227 e. The van der Waals surface area contributed by atoms with Gasteiger partial charge in [-0.2, -0.15) is 5.10 Å². The SMILES string of the molecule is CCn1nc(C)c(NC(=O)C2CC3CCCC(C2)C3N)c1C.Cl. The van der Waals surface area contributed by atoms with Gasteiger partial charge < -0.3 is 11.1 Å². The van der Waals surface area contributed by atoms with Crippen LogP contribution < -0.4 is 11.1 Å². The Labute approximate surface area is 144 Å². The highest BCUT2D eigenvalue weighted by Crippen LogP contribution is 2.42. The van der Waals surface area contributed by atoms with Gasteiger partial charge >= 0.3 is 0 Å². The van der Waals surface area contributed by atoms with E-state index >= 15 is 0 Å². The lowest BCUT2D eigenvalue weighted by molar-refractivity contribution is -0.122. The first-order chi connectivity index (χ1) is 10.5. The Morgan fingerprint density at radius 3 is 2.43 bits per heavy atom. The molecule has 2 atom stereocenters. The van der Waals surface area contributed by atoms with Gasteiger partial charge in [0.1, 0.15) is 0 Å². The van der Waals surface area contributed by atoms with Gasteiger partial charge in [-0.05, 0) is 58.3 Å². The number of hydrogen-bond acceptors (Lipinski definition) is 3. The molecule has 2 fully saturated rings. The summed E-state index contributed by atoms with van der Waals surface area (Å²) in [5, 5.41) is 7.62. The van der Waals surface area contributed by atoms with Crippen LogP contribution in [-0.4, -0.2) is 21.7 Å². The molecule has 0 aromatic carbocycles. The van der Waals surface area contributed by atoms with Crippen molar-refractivity contribution in [2.24, 2.45) is 23.5 Å². The van der Waals surface area contributed by atoms with Crippen LogP contribution >= 0.6 is 12.4 Å². The van der Waals surface area contributed by atoms with Gasteiger partial charge in [-0.1, -0.05) is 6.42 Å². The fourth-order valence-electron chi connectivity index (χ4n) is 4.41. The zero-order chi connectivity index (χ0) is 15.9. The summed E-state index contributed by atoms with van der Waals surface area (Å²) in [5.41, 5.74) is 9.16. The van der Waals surface area contributed by atoms with Gasteiger partial charge in [0.25, 0.3) is 0 Å². The number of nitrogens with two attached hydrogens (primary N) is 1. The number of carbonyl (C=O) groups is 1. The molecule has 2 saturated carbocycles. The Balaban J connectivity index is 0.00000192. The van der Waals surface area contributed by atoms with Crippen molar-refractivity contribution in [3.8, 4) is 0 Å². The van der Waals surface area contributed by atoms with Crippen LogP contribution in [0.2, 0.25) is 0 Å². The quantitative estimate of drug-likeness (QED) is 0.888. The Morgan fingerprint density at radius 1 is 1.30 bits per heavy atom. The first-order valence-electron chi connectivity index (χ1n) is 8.61. The molecule has 1 heterocycles. The second kappa shape index (κ2) is 7.22. The largest absolute Gasteiger partial charge is 0.327 e. The Kier molecular flexibility index (Phi) is 5.74. The number of nitrogens with zero attached hydrogens (tertiary/aromatic N) is 2. The van der Waals surface area contributed by atoms with Crippen molar-refractivity contribution >= 4 is 24.0 Å². The summed E-state index contributed by atoms with van der Waals surface area (Å²) in [6.45, 7) is 6.87. The highest BCUT2D eigenvalue weighted by atomic mass is 35.5. The summed E-state index contributed by atoms with van der Waals surface area (Å²) in [5.74, 6) is 1.33. The van der Waals surface area contributed by atoms with Crippen LogP contribution in [0.1, 0.15) is 50.4 Å². The van der Waals surface area contributed by atoms with E-state index in [2.05, 4.69) is 17.3 Å². The normalized spacial score (nSPS) is 29.7. The van der Waals surface area contributed by atoms with E-state index in [1.807, 2.05) is 18.5 Å². The third-order valence-electron chi connectivity index (χ3n) is 5.71. The maximum absolute atomic E-state index is 12.7. The fourth-order valence-corrected chi connectivity index (χ4v) is 4.41. The molecule has 2 aliphatic carbocycles. The van der Waals surface area contributed by atoms with Crippen molar-refractivity contribution in [2.75, 3.05) is 5.32 Å². The average molecular weight is 341 g/mol. The van der Waals surface area contributed by atoms with Gasteiger partial charge in [0, 0.05) is 18.5 Å². The summed E-state index contributed by atoms with van der Waals surface area (Å²) >= 11 is 0. The van der Waals surface area contributed by atoms with E-state index < -0.39 is 0 Å². The number of rotatable bonds is 3. The number of aromatic nitrogens is 2. The summed E-state index contributed by atoms with van der Waals surface area (Å²) in [4.78, 5) is 12.7. The molecule has 0 radical (unpaired) electrons. The number of nitrogens with one attached hydrogen (secondary N) is 1. The second-order valence-electron chi connectivity index (χ2n) is 7.05. The fraction of sp³-hybridized carbons (Fsp3) is 0.765. The van der Waals surface area contributed by atoms with Crippen molar-refractivity contribution in [3.05, 3.63) is 11.4 Å². The molecule has 1 aromatic rings. The van der Waals surface area contributed by atoms with Crippen LogP contribution in [0, 0.1) is 31.6 Å². The number of fused-ring (bicyclic) bond motifs is 2. The molecule has 3 rings (SSSR count). The number of amides is 1. The molecule has 3 N–H and O–H groups in total. The van der Waals surface area contributed by atoms with Gasteiger partial charge in [0.15, 0.2) is 0 Å². The predicted octanol–water partition coefficient (Wildman–Crippen LogP) is 3.03. The minimum atomic E-state index is 0. The van der Waals surface area contributed by atoms with Crippen molar-refractivity contribution in [1.29, 1.82) is 0 Å². The molecule has 0 saturated heterocycles. The number of anilines is 1. The summed E-state index contributed by atoms with van der Waals surface area (Å²) in [6.07, 6.45) is 5.55. The molecular weight excluding hydrogens is 312 g/mol. The minimum absolute atomic E-state index is 0. The zero-order valence-corrected chi connectivity index (χ0v) is 15.2. The van der Waals surface area contributed by atoms with Crippen LogP contribution in [0.15, 0.2) is 0 Å². The standard InChI is InChI=1S/C17H28N4O.ClH/c1-4-21-11(3)16(10(2)20-21)19-17(22)14-8-12-6-5-7-13(9-14)15(12)18;/h12-15H,4-9,18H2,1-3H3,(H,19,22);1H. The minimum Gasteiger partial charge on any atom is -0.327 e. The maximum Gasteiger partial charge on any atom is 0.227 e. The van der Waals surface area contributed by atoms with Crippen molar-refractivity contribution in [3.63, 3.8) is 0 Å². The molecule has 0 aliphatic heterocycles. The van der Waals surface area contributed by atoms with Crippen LogP contribution in [0.5, 0.6) is 0 Å². The molecule has 6 heteroatoms. The van der Waals surface area contributed by atoms with Gasteiger partial charge in [0.2, 0.25) is 5.91 Å². The molecule has 1 amide bonds. The summed E-state index contributed by atoms with van der Waals surface area (Å²) in [7, 11) is 0. The molecule has 2 unspecified atom stereocenters. The lowest BCUT2D eigenvalue weighted by Crippen LogP contribution is -2.48. The van der Waals surface area contributed by atoms with Crippen LogP contribution in [0.3, 0.4) is 0 Å². The van der Waals surface area contributed by atoms with Crippen molar-refractivity contribution in [2.45, 2.75) is 65.5 Å². The molecule has 2 aliphatic rings. The first-order valence-corrected chi connectivity index (χ1v) is 8.61. The van der Waals surface area contributed by atoms with Crippen LogP contribution in [0.25, 0.3) is 0 Å². The van der Waals surface area contributed by atoms with E-state index in [9.17, 15) is 4.79 Å². The molecule has 0 spiro atoms. The lowest BCUT2D eigenvalue weighted by Gasteiger charge is -2.43. The van der Waals surface area contributed by atoms with E-state index in [1.54, 1.807) is 0 Å². The van der Waals surface area contributed by atoms with E-state index in [1.165, 1.54) is 19.3 Å². The third kappa shape index (κ3) is 3.41. The highest BCUT2D eigenvalue weighted by molar-refractivity contribution is 5.93. The third-order valence-corrected chi connectivity index (χ3v) is 5.71. The molecule has 1 aromatic heterocycles. The Morgan fingerprint density at radius 2 is 1.91 bits per heavy atom. The number of carbonyl (C=O) groups excluding carboxylic acids is 1. The molecule has 130 valence electrons. The maximum atomic E-state index is 12.7. The Bertz CT molecular complexity index is 557. The number of halogens is 1. The Hall–Kier alpha value is -1.07. The van der Waals surface area contributed by atoms with Crippen LogP contribution in [0.4, 0.5) is 5.69 Å². The van der Waals surface area contributed by atoms with Crippen LogP contribution in [-0.2, 0) is 11.3 Å². The van der Waals surface area contributed by atoms with E-state index in [0.29, 0.717) is 17.9 Å². The average Bonchev–Trinajstić information content (AvgIpc) is 2.74. The van der Waals surface area contributed by atoms with Gasteiger partial charge in [-0.3, -0.25) is 9.48 Å².